The van der Waals surface area contributed by atoms with Crippen molar-refractivity contribution in [2.75, 3.05) is 31.1 Å². The molecule has 3 aromatic rings. The van der Waals surface area contributed by atoms with Crippen molar-refractivity contribution in [3.63, 3.8) is 0 Å². The van der Waals surface area contributed by atoms with Crippen molar-refractivity contribution in [2.24, 2.45) is 0 Å². The average Bonchev–Trinajstić information content (AvgIpc) is 3.56. The van der Waals surface area contributed by atoms with Crippen LogP contribution >= 0.6 is 0 Å². The van der Waals surface area contributed by atoms with E-state index in [1.807, 2.05) is 12.3 Å². The van der Waals surface area contributed by atoms with Crippen LogP contribution in [0.1, 0.15) is 30.0 Å². The zero-order valence-corrected chi connectivity index (χ0v) is 16.8. The smallest absolute Gasteiger partial charge is 0.189 e. The summed E-state index contributed by atoms with van der Waals surface area (Å²) in [5.74, 6) is -0.296. The Balaban J connectivity index is 1.36. The van der Waals surface area contributed by atoms with E-state index in [4.69, 9.17) is 0 Å². The van der Waals surface area contributed by atoms with E-state index < -0.39 is 0 Å². The minimum atomic E-state index is -0.296. The Bertz CT molecular complexity index is 1090. The lowest BCUT2D eigenvalue weighted by atomic mass is 10.1. The quantitative estimate of drug-likeness (QED) is 0.670. The molecule has 29 heavy (non-hydrogen) atoms. The van der Waals surface area contributed by atoms with Gasteiger partial charge in [0.25, 0.3) is 0 Å². The second-order valence-electron chi connectivity index (χ2n) is 8.39. The predicted molar refractivity (Wildman–Crippen MR) is 115 cm³/mol. The van der Waals surface area contributed by atoms with E-state index in [0.717, 1.165) is 51.1 Å². The first-order valence-corrected chi connectivity index (χ1v) is 10.5. The first-order chi connectivity index (χ1) is 14.1. The predicted octanol–water partition coefficient (Wildman–Crippen LogP) is 4.11. The van der Waals surface area contributed by atoms with Gasteiger partial charge in [-0.2, -0.15) is 0 Å². The van der Waals surface area contributed by atoms with Gasteiger partial charge in [-0.05, 0) is 37.5 Å². The van der Waals surface area contributed by atoms with Gasteiger partial charge in [-0.1, -0.05) is 29.8 Å². The van der Waals surface area contributed by atoms with Gasteiger partial charge in [0.15, 0.2) is 5.43 Å². The molecule has 2 aromatic carbocycles. The Morgan fingerprint density at radius 2 is 1.72 bits per heavy atom. The minimum absolute atomic E-state index is 0.106. The summed E-state index contributed by atoms with van der Waals surface area (Å²) in [5.41, 5.74) is 3.96. The number of hydrogen-bond donors (Lipinski definition) is 0. The van der Waals surface area contributed by atoms with Crippen LogP contribution in [0.2, 0.25) is 0 Å². The molecule has 0 atom stereocenters. The zero-order valence-electron chi connectivity index (χ0n) is 16.8. The van der Waals surface area contributed by atoms with Crippen molar-refractivity contribution in [3.8, 4) is 0 Å². The molecule has 5 rings (SSSR count). The molecule has 1 aliphatic carbocycles. The molecule has 0 N–H and O–H groups in total. The van der Waals surface area contributed by atoms with Crippen LogP contribution < -0.4 is 10.3 Å². The first kappa shape index (κ1) is 18.4. The van der Waals surface area contributed by atoms with Gasteiger partial charge in [0.1, 0.15) is 5.82 Å². The number of hydrogen-bond acceptors (Lipinski definition) is 3. The van der Waals surface area contributed by atoms with E-state index >= 15 is 0 Å². The number of fused-ring (bicyclic) bond motifs is 1. The van der Waals surface area contributed by atoms with Crippen molar-refractivity contribution < 1.29 is 4.39 Å². The number of pyridine rings is 1. The van der Waals surface area contributed by atoms with Gasteiger partial charge in [-0.15, -0.1) is 0 Å². The van der Waals surface area contributed by atoms with Gasteiger partial charge in [0, 0.05) is 56.4 Å². The van der Waals surface area contributed by atoms with Gasteiger partial charge < -0.3 is 9.47 Å². The van der Waals surface area contributed by atoms with Crippen LogP contribution in [-0.2, 0) is 6.54 Å². The summed E-state index contributed by atoms with van der Waals surface area (Å²) in [6, 6.07) is 14.0. The molecule has 0 bridgehead atoms. The number of halogens is 1. The summed E-state index contributed by atoms with van der Waals surface area (Å²) >= 11 is 0. The summed E-state index contributed by atoms with van der Waals surface area (Å²) in [7, 11) is 0. The fourth-order valence-electron chi connectivity index (χ4n) is 4.29. The number of benzene rings is 2. The Morgan fingerprint density at radius 1 is 1.00 bits per heavy atom. The van der Waals surface area contributed by atoms with Crippen molar-refractivity contribution in [1.29, 1.82) is 0 Å². The minimum Gasteiger partial charge on any atom is -0.367 e. The summed E-state index contributed by atoms with van der Waals surface area (Å²) in [4.78, 5) is 16.8. The Hall–Kier alpha value is -2.66. The van der Waals surface area contributed by atoms with Gasteiger partial charge in [0.2, 0.25) is 0 Å². The lowest BCUT2D eigenvalue weighted by molar-refractivity contribution is 0.249. The van der Waals surface area contributed by atoms with E-state index in [0.29, 0.717) is 17.1 Å². The van der Waals surface area contributed by atoms with Crippen molar-refractivity contribution in [3.05, 3.63) is 75.8 Å². The molecule has 1 aliphatic heterocycles. The third-order valence-corrected chi connectivity index (χ3v) is 6.18. The summed E-state index contributed by atoms with van der Waals surface area (Å²) in [6.07, 6.45) is 4.12. The summed E-state index contributed by atoms with van der Waals surface area (Å²) in [6.45, 7) is 6.40. The molecular weight excluding hydrogens is 365 g/mol. The highest BCUT2D eigenvalue weighted by Gasteiger charge is 2.26. The maximum absolute atomic E-state index is 14.9. The molecule has 1 aromatic heterocycles. The highest BCUT2D eigenvalue weighted by Crippen LogP contribution is 2.37. The van der Waals surface area contributed by atoms with E-state index in [1.165, 1.54) is 17.2 Å². The summed E-state index contributed by atoms with van der Waals surface area (Å²) in [5, 5.41) is 0.485. The molecule has 5 heteroatoms. The van der Waals surface area contributed by atoms with Crippen molar-refractivity contribution in [2.45, 2.75) is 32.4 Å². The third kappa shape index (κ3) is 3.67. The second-order valence-corrected chi connectivity index (χ2v) is 8.39. The van der Waals surface area contributed by atoms with E-state index in [2.05, 4.69) is 45.6 Å². The molecular formula is C24H26FN3O. The van der Waals surface area contributed by atoms with Crippen LogP contribution in [0.5, 0.6) is 0 Å². The Morgan fingerprint density at radius 3 is 2.41 bits per heavy atom. The fourth-order valence-corrected chi connectivity index (χ4v) is 4.29. The molecule has 150 valence electrons. The van der Waals surface area contributed by atoms with Crippen LogP contribution in [0.4, 0.5) is 10.1 Å². The third-order valence-electron chi connectivity index (χ3n) is 6.18. The monoisotopic (exact) mass is 391 g/mol. The largest absolute Gasteiger partial charge is 0.367 e. The van der Waals surface area contributed by atoms with Gasteiger partial charge in [-0.3, -0.25) is 9.69 Å². The van der Waals surface area contributed by atoms with Crippen LogP contribution in [0, 0.1) is 12.7 Å². The molecule has 2 aliphatic rings. The van der Waals surface area contributed by atoms with Gasteiger partial charge in [0.05, 0.1) is 11.2 Å². The molecule has 1 saturated carbocycles. The van der Waals surface area contributed by atoms with Crippen LogP contribution in [0.3, 0.4) is 0 Å². The van der Waals surface area contributed by atoms with E-state index in [-0.39, 0.29) is 11.2 Å². The first-order valence-electron chi connectivity index (χ1n) is 10.5. The molecule has 0 unspecified atom stereocenters. The lowest BCUT2D eigenvalue weighted by Crippen LogP contribution is -2.46. The molecule has 2 fully saturated rings. The fraction of sp³-hybridized carbons (Fsp3) is 0.375. The Kier molecular flexibility index (Phi) is 4.63. The highest BCUT2D eigenvalue weighted by atomic mass is 19.1. The van der Waals surface area contributed by atoms with Crippen molar-refractivity contribution in [1.82, 2.24) is 9.47 Å². The summed E-state index contributed by atoms with van der Waals surface area (Å²) < 4.78 is 17.1. The van der Waals surface area contributed by atoms with E-state index in [9.17, 15) is 9.18 Å². The number of piperazine rings is 1. The zero-order chi connectivity index (χ0) is 20.0. The van der Waals surface area contributed by atoms with Gasteiger partial charge in [-0.25, -0.2) is 4.39 Å². The molecule has 1 saturated heterocycles. The molecule has 0 spiro atoms. The Labute approximate surface area is 170 Å². The molecule has 2 heterocycles. The maximum atomic E-state index is 14.9. The standard InChI is InChI=1S/C24H26FN3O/c1-17-2-4-18(5-3-17)16-26-10-12-27(13-11-26)23-15-22-20(14-21(23)25)24(29)8-9-28(22)19-6-7-19/h2-5,8-9,14-15,19H,6-7,10-13,16H2,1H3. The maximum Gasteiger partial charge on any atom is 0.189 e. The normalized spacial score (nSPS) is 17.8. The molecule has 0 amide bonds. The number of rotatable bonds is 4. The van der Waals surface area contributed by atoms with Crippen LogP contribution in [0.15, 0.2) is 53.5 Å². The second kappa shape index (κ2) is 7.30. The SMILES string of the molecule is Cc1ccc(CN2CCN(c3cc4c(cc3F)c(=O)ccn4C3CC3)CC2)cc1. The number of aromatic nitrogens is 1. The van der Waals surface area contributed by atoms with Crippen LogP contribution in [-0.4, -0.2) is 35.6 Å². The average molecular weight is 391 g/mol. The number of anilines is 1. The topological polar surface area (TPSA) is 28.5 Å². The molecule has 0 radical (unpaired) electrons. The number of nitrogens with zero attached hydrogens (tertiary/aromatic N) is 3. The van der Waals surface area contributed by atoms with E-state index in [1.54, 1.807) is 6.07 Å². The lowest BCUT2D eigenvalue weighted by Gasteiger charge is -2.36. The van der Waals surface area contributed by atoms with Gasteiger partial charge >= 0.3 is 0 Å². The highest BCUT2D eigenvalue weighted by molar-refractivity contribution is 5.83. The number of aryl methyl sites for hydroxylation is 1. The van der Waals surface area contributed by atoms with Crippen LogP contribution in [0.25, 0.3) is 10.9 Å². The molecule has 4 nitrogen and oxygen atoms in total. The van der Waals surface area contributed by atoms with Crippen molar-refractivity contribution >= 4 is 16.6 Å².